The van der Waals surface area contributed by atoms with Crippen LogP contribution in [0.4, 0.5) is 15.8 Å². The van der Waals surface area contributed by atoms with E-state index in [9.17, 15) is 18.8 Å². The van der Waals surface area contributed by atoms with E-state index >= 15 is 0 Å². The topological polar surface area (TPSA) is 82.2 Å². The summed E-state index contributed by atoms with van der Waals surface area (Å²) >= 11 is 0. The largest absolute Gasteiger partial charge is 0.378 e. The van der Waals surface area contributed by atoms with Gasteiger partial charge in [0.05, 0.1) is 24.3 Å². The van der Waals surface area contributed by atoms with Crippen LogP contribution in [0.2, 0.25) is 0 Å². The fourth-order valence-corrected chi connectivity index (χ4v) is 4.20. The first kappa shape index (κ1) is 23.7. The molecule has 0 saturated carbocycles. The SMILES string of the molecule is CCC(=O)Nc1ccc(N2CCN(C(=O)c3ccccc3F)CC2)c(C(=O)N2CCOCC2)c1. The van der Waals surface area contributed by atoms with Gasteiger partial charge in [0.1, 0.15) is 5.82 Å². The minimum absolute atomic E-state index is 0.0650. The monoisotopic (exact) mass is 468 g/mol. The van der Waals surface area contributed by atoms with Gasteiger partial charge in [-0.15, -0.1) is 0 Å². The molecule has 0 spiro atoms. The summed E-state index contributed by atoms with van der Waals surface area (Å²) < 4.78 is 19.4. The summed E-state index contributed by atoms with van der Waals surface area (Å²) in [5, 5.41) is 2.82. The summed E-state index contributed by atoms with van der Waals surface area (Å²) in [6, 6.07) is 11.3. The Morgan fingerprint density at radius 3 is 2.21 bits per heavy atom. The van der Waals surface area contributed by atoms with Crippen LogP contribution in [0.1, 0.15) is 34.1 Å². The third kappa shape index (κ3) is 5.20. The van der Waals surface area contributed by atoms with Crippen molar-refractivity contribution < 1.29 is 23.5 Å². The number of ether oxygens (including phenoxy) is 1. The molecule has 2 heterocycles. The number of carbonyl (C=O) groups is 3. The van der Waals surface area contributed by atoms with Crippen LogP contribution in [-0.2, 0) is 9.53 Å². The molecule has 2 aromatic carbocycles. The highest BCUT2D eigenvalue weighted by Crippen LogP contribution is 2.28. The zero-order valence-electron chi connectivity index (χ0n) is 19.3. The Morgan fingerprint density at radius 2 is 1.53 bits per heavy atom. The number of piperazine rings is 1. The molecule has 3 amide bonds. The fraction of sp³-hybridized carbons (Fsp3) is 0.400. The summed E-state index contributed by atoms with van der Waals surface area (Å²) in [5.74, 6) is -1.11. The number of rotatable bonds is 5. The van der Waals surface area contributed by atoms with Crippen LogP contribution >= 0.6 is 0 Å². The van der Waals surface area contributed by atoms with E-state index < -0.39 is 5.82 Å². The highest BCUT2D eigenvalue weighted by Gasteiger charge is 2.28. The first-order chi connectivity index (χ1) is 16.5. The highest BCUT2D eigenvalue weighted by atomic mass is 19.1. The van der Waals surface area contributed by atoms with Gasteiger partial charge in [0.25, 0.3) is 11.8 Å². The van der Waals surface area contributed by atoms with E-state index in [1.165, 1.54) is 12.1 Å². The fourth-order valence-electron chi connectivity index (χ4n) is 4.20. The summed E-state index contributed by atoms with van der Waals surface area (Å²) in [7, 11) is 0. The van der Waals surface area contributed by atoms with E-state index in [-0.39, 0.29) is 23.3 Å². The first-order valence-electron chi connectivity index (χ1n) is 11.6. The number of amides is 3. The van der Waals surface area contributed by atoms with Crippen molar-refractivity contribution in [2.24, 2.45) is 0 Å². The van der Waals surface area contributed by atoms with Gasteiger partial charge in [-0.2, -0.15) is 0 Å². The molecule has 180 valence electrons. The molecule has 0 atom stereocenters. The number of hydrogen-bond donors (Lipinski definition) is 1. The zero-order chi connectivity index (χ0) is 24.1. The van der Waals surface area contributed by atoms with Crippen LogP contribution in [0.15, 0.2) is 42.5 Å². The van der Waals surface area contributed by atoms with E-state index in [0.29, 0.717) is 70.2 Å². The van der Waals surface area contributed by atoms with E-state index in [0.717, 1.165) is 5.69 Å². The quantitative estimate of drug-likeness (QED) is 0.730. The maximum atomic E-state index is 14.1. The first-order valence-corrected chi connectivity index (χ1v) is 11.6. The smallest absolute Gasteiger partial charge is 0.256 e. The van der Waals surface area contributed by atoms with Gasteiger partial charge in [0, 0.05) is 57.1 Å². The lowest BCUT2D eigenvalue weighted by Gasteiger charge is -2.37. The molecule has 1 N–H and O–H groups in total. The summed E-state index contributed by atoms with van der Waals surface area (Å²) in [5.41, 5.74) is 1.89. The number of hydrogen-bond acceptors (Lipinski definition) is 5. The number of anilines is 2. The lowest BCUT2D eigenvalue weighted by molar-refractivity contribution is -0.115. The van der Waals surface area contributed by atoms with Crippen molar-refractivity contribution in [2.75, 3.05) is 62.7 Å². The molecular weight excluding hydrogens is 439 g/mol. The molecule has 2 aromatic rings. The lowest BCUT2D eigenvalue weighted by atomic mass is 10.1. The Hall–Kier alpha value is -3.46. The van der Waals surface area contributed by atoms with Crippen molar-refractivity contribution in [1.29, 1.82) is 0 Å². The maximum Gasteiger partial charge on any atom is 0.256 e. The van der Waals surface area contributed by atoms with E-state index in [1.54, 1.807) is 41.0 Å². The van der Waals surface area contributed by atoms with Gasteiger partial charge < -0.3 is 24.8 Å². The predicted octanol–water partition coefficient (Wildman–Crippen LogP) is 2.61. The molecule has 2 saturated heterocycles. The van der Waals surface area contributed by atoms with Crippen LogP contribution in [0, 0.1) is 5.82 Å². The molecule has 9 heteroatoms. The standard InChI is InChI=1S/C25H29FN4O4/c1-2-23(31)27-18-7-8-22(20(17-18)25(33)30-13-15-34-16-14-30)28-9-11-29(12-10-28)24(32)19-5-3-4-6-21(19)26/h3-8,17H,2,9-16H2,1H3,(H,27,31). The predicted molar refractivity (Wildman–Crippen MR) is 127 cm³/mol. The molecule has 0 unspecified atom stereocenters. The van der Waals surface area contributed by atoms with Crippen molar-refractivity contribution in [1.82, 2.24) is 9.80 Å². The van der Waals surface area contributed by atoms with Gasteiger partial charge in [-0.3, -0.25) is 14.4 Å². The van der Waals surface area contributed by atoms with Gasteiger partial charge in [0.15, 0.2) is 0 Å². The Bertz CT molecular complexity index is 1060. The average molecular weight is 469 g/mol. The van der Waals surface area contributed by atoms with E-state index in [1.807, 2.05) is 6.07 Å². The van der Waals surface area contributed by atoms with Gasteiger partial charge in [-0.1, -0.05) is 19.1 Å². The molecule has 0 bridgehead atoms. The summed E-state index contributed by atoms with van der Waals surface area (Å²) in [6.07, 6.45) is 0.340. The molecular formula is C25H29FN4O4. The third-order valence-electron chi connectivity index (χ3n) is 6.14. The molecule has 0 aromatic heterocycles. The van der Waals surface area contributed by atoms with Crippen LogP contribution in [0.5, 0.6) is 0 Å². The van der Waals surface area contributed by atoms with Gasteiger partial charge in [0.2, 0.25) is 5.91 Å². The molecule has 2 fully saturated rings. The number of carbonyl (C=O) groups excluding carboxylic acids is 3. The van der Waals surface area contributed by atoms with Crippen LogP contribution in [0.25, 0.3) is 0 Å². The van der Waals surface area contributed by atoms with Crippen LogP contribution in [0.3, 0.4) is 0 Å². The van der Waals surface area contributed by atoms with Crippen molar-refractivity contribution in [3.63, 3.8) is 0 Å². The van der Waals surface area contributed by atoms with Gasteiger partial charge in [-0.05, 0) is 30.3 Å². The molecule has 0 aliphatic carbocycles. The molecule has 8 nitrogen and oxygen atoms in total. The molecule has 2 aliphatic heterocycles. The summed E-state index contributed by atoms with van der Waals surface area (Å²) in [6.45, 7) is 5.59. The zero-order valence-corrected chi connectivity index (χ0v) is 19.3. The molecule has 4 rings (SSSR count). The molecule has 34 heavy (non-hydrogen) atoms. The van der Waals surface area contributed by atoms with Crippen LogP contribution in [-0.4, -0.2) is 80.0 Å². The minimum Gasteiger partial charge on any atom is -0.378 e. The van der Waals surface area contributed by atoms with Gasteiger partial charge >= 0.3 is 0 Å². The van der Waals surface area contributed by atoms with Crippen molar-refractivity contribution >= 4 is 29.1 Å². The number of morpholine rings is 1. The van der Waals surface area contributed by atoms with Crippen molar-refractivity contribution in [3.8, 4) is 0 Å². The normalized spacial score (nSPS) is 16.4. The lowest BCUT2D eigenvalue weighted by Crippen LogP contribution is -2.49. The second-order valence-electron chi connectivity index (χ2n) is 8.30. The maximum absolute atomic E-state index is 14.1. The Kier molecular flexibility index (Phi) is 7.42. The number of nitrogens with zero attached hydrogens (tertiary/aromatic N) is 3. The number of nitrogens with one attached hydrogen (secondary N) is 1. The highest BCUT2D eigenvalue weighted by molar-refractivity contribution is 6.02. The van der Waals surface area contributed by atoms with Crippen LogP contribution < -0.4 is 10.2 Å². The Labute approximate surface area is 198 Å². The van der Waals surface area contributed by atoms with E-state index in [2.05, 4.69) is 10.2 Å². The van der Waals surface area contributed by atoms with Gasteiger partial charge in [-0.25, -0.2) is 4.39 Å². The number of benzene rings is 2. The Morgan fingerprint density at radius 1 is 0.882 bits per heavy atom. The molecule has 0 radical (unpaired) electrons. The average Bonchev–Trinajstić information content (AvgIpc) is 2.88. The van der Waals surface area contributed by atoms with Crippen molar-refractivity contribution in [3.05, 3.63) is 59.4 Å². The summed E-state index contributed by atoms with van der Waals surface area (Å²) in [4.78, 5) is 43.5. The second-order valence-corrected chi connectivity index (χ2v) is 8.30. The van der Waals surface area contributed by atoms with Crippen molar-refractivity contribution in [2.45, 2.75) is 13.3 Å². The third-order valence-corrected chi connectivity index (χ3v) is 6.14. The Balaban J connectivity index is 1.53. The number of halogens is 1. The minimum atomic E-state index is -0.530. The second kappa shape index (κ2) is 10.6. The molecule has 2 aliphatic rings. The van der Waals surface area contributed by atoms with E-state index in [4.69, 9.17) is 4.74 Å².